The third-order valence-corrected chi connectivity index (χ3v) is 9.52. The highest BCUT2D eigenvalue weighted by molar-refractivity contribution is 7.90. The fourth-order valence-electron chi connectivity index (χ4n) is 7.42. The van der Waals surface area contributed by atoms with Crippen LogP contribution in [0.5, 0.6) is 0 Å². The van der Waals surface area contributed by atoms with Gasteiger partial charge in [-0.25, -0.2) is 8.42 Å². The summed E-state index contributed by atoms with van der Waals surface area (Å²) in [5.74, 6) is 3.08. The van der Waals surface area contributed by atoms with Crippen molar-refractivity contribution < 1.29 is 13.2 Å². The van der Waals surface area contributed by atoms with Crippen LogP contribution >= 0.6 is 0 Å². The van der Waals surface area contributed by atoms with Crippen molar-refractivity contribution in [1.29, 1.82) is 0 Å². The van der Waals surface area contributed by atoms with Crippen LogP contribution in [0, 0.1) is 23.2 Å². The van der Waals surface area contributed by atoms with E-state index < -0.39 is 9.84 Å². The molecule has 0 radical (unpaired) electrons. The van der Waals surface area contributed by atoms with Crippen molar-refractivity contribution in [2.75, 3.05) is 32.4 Å². The van der Waals surface area contributed by atoms with Crippen molar-refractivity contribution in [2.24, 2.45) is 23.2 Å². The first kappa shape index (κ1) is 21.4. The maximum absolute atomic E-state index is 13.3. The predicted molar refractivity (Wildman–Crippen MR) is 121 cm³/mol. The Hall–Kier alpha value is -1.40. The standard InChI is InChI=1S/C25H36N2O3S/c1-31(29,30)23-5-3-19(4-6-23)18-26-7-2-8-27(10-9-26)24(28)17-25-14-20-11-21(15-25)13-22(12-20)16-25/h3-6,20-22H,2,7-18H2,1H3. The van der Waals surface area contributed by atoms with Gasteiger partial charge in [0.2, 0.25) is 5.91 Å². The van der Waals surface area contributed by atoms with Gasteiger partial charge in [-0.05, 0) is 85.8 Å². The first-order chi connectivity index (χ1) is 14.8. The lowest BCUT2D eigenvalue weighted by Gasteiger charge is -2.57. The lowest BCUT2D eigenvalue weighted by atomic mass is 9.49. The fraction of sp³-hybridized carbons (Fsp3) is 0.720. The zero-order valence-corrected chi connectivity index (χ0v) is 19.6. The molecule has 4 bridgehead atoms. The molecule has 170 valence electrons. The molecule has 1 heterocycles. The molecule has 1 amide bonds. The van der Waals surface area contributed by atoms with E-state index in [2.05, 4.69) is 9.80 Å². The minimum absolute atomic E-state index is 0.319. The molecule has 4 aliphatic carbocycles. The van der Waals surface area contributed by atoms with Crippen molar-refractivity contribution in [1.82, 2.24) is 9.80 Å². The van der Waals surface area contributed by atoms with Crippen molar-refractivity contribution in [2.45, 2.75) is 62.8 Å². The molecule has 6 heteroatoms. The van der Waals surface area contributed by atoms with Crippen molar-refractivity contribution >= 4 is 15.7 Å². The molecule has 31 heavy (non-hydrogen) atoms. The summed E-state index contributed by atoms with van der Waals surface area (Å²) >= 11 is 0. The number of carbonyl (C=O) groups excluding carboxylic acids is 1. The lowest BCUT2D eigenvalue weighted by molar-refractivity contribution is -0.139. The third-order valence-electron chi connectivity index (χ3n) is 8.39. The van der Waals surface area contributed by atoms with E-state index in [9.17, 15) is 13.2 Å². The molecule has 0 atom stereocenters. The molecule has 1 aliphatic heterocycles. The van der Waals surface area contributed by atoms with Gasteiger partial charge in [0.25, 0.3) is 0 Å². The smallest absolute Gasteiger partial charge is 0.223 e. The molecule has 6 rings (SSSR count). The van der Waals surface area contributed by atoms with Crippen LogP contribution in [0.15, 0.2) is 29.2 Å². The number of nitrogens with zero attached hydrogens (tertiary/aromatic N) is 2. The minimum atomic E-state index is -3.15. The summed E-state index contributed by atoms with van der Waals surface area (Å²) in [7, 11) is -3.15. The summed E-state index contributed by atoms with van der Waals surface area (Å²) in [5, 5.41) is 0. The van der Waals surface area contributed by atoms with Crippen LogP contribution in [-0.2, 0) is 21.2 Å². The molecule has 0 aromatic heterocycles. The normalized spacial score (nSPS) is 33.5. The molecule has 0 N–H and O–H groups in total. The summed E-state index contributed by atoms with van der Waals surface area (Å²) in [6, 6.07) is 7.22. The Morgan fingerprint density at radius 1 is 0.935 bits per heavy atom. The Kier molecular flexibility index (Phi) is 5.66. The topological polar surface area (TPSA) is 57.7 Å². The van der Waals surface area contributed by atoms with E-state index in [1.54, 1.807) is 12.1 Å². The molecule has 1 aromatic carbocycles. The van der Waals surface area contributed by atoms with E-state index in [1.807, 2.05) is 12.1 Å². The second kappa shape index (κ2) is 8.18. The Balaban J connectivity index is 1.16. The van der Waals surface area contributed by atoms with E-state index in [0.29, 0.717) is 16.2 Å². The second-order valence-electron chi connectivity index (χ2n) is 11.0. The van der Waals surface area contributed by atoms with Gasteiger partial charge in [0, 0.05) is 45.4 Å². The number of hydrogen-bond acceptors (Lipinski definition) is 4. The number of carbonyl (C=O) groups is 1. The SMILES string of the molecule is CS(=O)(=O)c1ccc(CN2CCCN(C(=O)CC34CC5CC(CC(C5)C3)C4)CC2)cc1. The molecular weight excluding hydrogens is 408 g/mol. The van der Waals surface area contributed by atoms with Gasteiger partial charge in [-0.3, -0.25) is 9.69 Å². The average molecular weight is 445 g/mol. The highest BCUT2D eigenvalue weighted by Gasteiger charge is 2.51. The third kappa shape index (κ3) is 4.70. The van der Waals surface area contributed by atoms with E-state index in [1.165, 1.54) is 44.8 Å². The Morgan fingerprint density at radius 2 is 1.55 bits per heavy atom. The second-order valence-corrected chi connectivity index (χ2v) is 13.0. The number of benzene rings is 1. The predicted octanol–water partition coefficient (Wildman–Crippen LogP) is 3.73. The molecule has 0 unspecified atom stereocenters. The van der Waals surface area contributed by atoms with Crippen LogP contribution in [0.3, 0.4) is 0 Å². The number of amides is 1. The number of sulfone groups is 1. The summed E-state index contributed by atoms with van der Waals surface area (Å²) in [6.07, 6.45) is 11.2. The largest absolute Gasteiger partial charge is 0.341 e. The average Bonchev–Trinajstić information content (AvgIpc) is 2.92. The molecule has 1 saturated heterocycles. The highest BCUT2D eigenvalue weighted by atomic mass is 32.2. The van der Waals surface area contributed by atoms with Crippen molar-refractivity contribution in [3.8, 4) is 0 Å². The summed E-state index contributed by atoms with van der Waals surface area (Å²) in [5.41, 5.74) is 1.44. The Morgan fingerprint density at radius 3 is 2.13 bits per heavy atom. The van der Waals surface area contributed by atoms with Gasteiger partial charge in [0.1, 0.15) is 0 Å². The van der Waals surface area contributed by atoms with E-state index in [-0.39, 0.29) is 0 Å². The van der Waals surface area contributed by atoms with Gasteiger partial charge in [-0.2, -0.15) is 0 Å². The van der Waals surface area contributed by atoms with Crippen LogP contribution in [0.4, 0.5) is 0 Å². The van der Waals surface area contributed by atoms with Gasteiger partial charge in [-0.1, -0.05) is 12.1 Å². The van der Waals surface area contributed by atoms with Gasteiger partial charge in [0.15, 0.2) is 9.84 Å². The number of rotatable bonds is 5. The summed E-state index contributed by atoms with van der Waals surface area (Å²) in [4.78, 5) is 18.2. The zero-order valence-electron chi connectivity index (χ0n) is 18.8. The van der Waals surface area contributed by atoms with E-state index in [0.717, 1.165) is 68.9 Å². The first-order valence-electron chi connectivity index (χ1n) is 12.1. The zero-order chi connectivity index (χ0) is 21.6. The molecule has 0 spiro atoms. The van der Waals surface area contributed by atoms with Gasteiger partial charge in [-0.15, -0.1) is 0 Å². The van der Waals surface area contributed by atoms with Gasteiger partial charge in [0.05, 0.1) is 4.90 Å². The Labute approximate surface area is 187 Å². The Bertz CT molecular complexity index is 889. The van der Waals surface area contributed by atoms with E-state index >= 15 is 0 Å². The summed E-state index contributed by atoms with van der Waals surface area (Å²) in [6.45, 7) is 4.36. The first-order valence-corrected chi connectivity index (χ1v) is 14.0. The maximum Gasteiger partial charge on any atom is 0.223 e. The van der Waals surface area contributed by atoms with Crippen LogP contribution < -0.4 is 0 Å². The fourth-order valence-corrected chi connectivity index (χ4v) is 8.05. The minimum Gasteiger partial charge on any atom is -0.341 e. The number of hydrogen-bond donors (Lipinski definition) is 0. The molecule has 1 aromatic rings. The van der Waals surface area contributed by atoms with Crippen LogP contribution in [-0.4, -0.2) is 56.6 Å². The lowest BCUT2D eigenvalue weighted by Crippen LogP contribution is -2.48. The van der Waals surface area contributed by atoms with Gasteiger partial charge < -0.3 is 4.90 Å². The highest BCUT2D eigenvalue weighted by Crippen LogP contribution is 2.61. The van der Waals surface area contributed by atoms with Crippen LogP contribution in [0.25, 0.3) is 0 Å². The van der Waals surface area contributed by atoms with Crippen molar-refractivity contribution in [3.05, 3.63) is 29.8 Å². The quantitative estimate of drug-likeness (QED) is 0.694. The maximum atomic E-state index is 13.3. The molecular formula is C25H36N2O3S. The molecule has 5 nitrogen and oxygen atoms in total. The molecule has 5 aliphatic rings. The molecule has 4 saturated carbocycles. The monoisotopic (exact) mass is 444 g/mol. The van der Waals surface area contributed by atoms with Crippen LogP contribution in [0.2, 0.25) is 0 Å². The van der Waals surface area contributed by atoms with E-state index in [4.69, 9.17) is 0 Å². The van der Waals surface area contributed by atoms with Gasteiger partial charge >= 0.3 is 0 Å². The summed E-state index contributed by atoms with van der Waals surface area (Å²) < 4.78 is 23.3. The molecule has 5 fully saturated rings. The van der Waals surface area contributed by atoms with Crippen LogP contribution in [0.1, 0.15) is 56.9 Å². The van der Waals surface area contributed by atoms with Crippen molar-refractivity contribution in [3.63, 3.8) is 0 Å².